The van der Waals surface area contributed by atoms with E-state index in [1.54, 1.807) is 0 Å². The van der Waals surface area contributed by atoms with Crippen LogP contribution in [0, 0.1) is 5.92 Å². The first kappa shape index (κ1) is 17.4. The number of ether oxygens (including phenoxy) is 1. The molecule has 0 saturated heterocycles. The van der Waals surface area contributed by atoms with E-state index in [1.807, 2.05) is 20.9 Å². The Balaban J connectivity index is 4.78. The topological polar surface area (TPSA) is 41.6 Å². The molecule has 108 valence electrons. The Labute approximate surface area is 112 Å². The fourth-order valence-corrected chi connectivity index (χ4v) is 1.87. The molecule has 0 aliphatic carbocycles. The maximum atomic E-state index is 12.0. The van der Waals surface area contributed by atoms with Crippen LogP contribution in [0.25, 0.3) is 0 Å². The number of esters is 1. The van der Waals surface area contributed by atoms with Crippen LogP contribution in [0.2, 0.25) is 0 Å². The third kappa shape index (κ3) is 5.36. The minimum atomic E-state index is -0.644. The van der Waals surface area contributed by atoms with Crippen molar-refractivity contribution in [2.45, 2.75) is 53.1 Å². The second-order valence-electron chi connectivity index (χ2n) is 5.72. The molecule has 0 aliphatic rings. The lowest BCUT2D eigenvalue weighted by atomic mass is 10.0. The lowest BCUT2D eigenvalue weighted by Gasteiger charge is -2.36. The van der Waals surface area contributed by atoms with Crippen molar-refractivity contribution in [3.05, 3.63) is 0 Å². The Kier molecular flexibility index (Phi) is 7.48. The van der Waals surface area contributed by atoms with E-state index in [4.69, 9.17) is 4.74 Å². The van der Waals surface area contributed by atoms with Crippen molar-refractivity contribution < 1.29 is 9.53 Å². The van der Waals surface area contributed by atoms with Gasteiger partial charge >= 0.3 is 5.97 Å². The van der Waals surface area contributed by atoms with E-state index in [0.29, 0.717) is 25.1 Å². The predicted octanol–water partition coefficient (Wildman–Crippen LogP) is 1.89. The average Bonchev–Trinajstić information content (AvgIpc) is 2.27. The zero-order valence-corrected chi connectivity index (χ0v) is 13.0. The zero-order valence-electron chi connectivity index (χ0n) is 13.0. The van der Waals surface area contributed by atoms with Crippen molar-refractivity contribution in [2.24, 2.45) is 5.92 Å². The van der Waals surface area contributed by atoms with E-state index in [1.165, 1.54) is 0 Å². The maximum Gasteiger partial charge on any atom is 0.327 e. The summed E-state index contributed by atoms with van der Waals surface area (Å²) in [6.45, 7) is 14.5. The van der Waals surface area contributed by atoms with Crippen LogP contribution in [0.1, 0.15) is 41.5 Å². The van der Waals surface area contributed by atoms with Gasteiger partial charge in [0, 0.05) is 19.1 Å². The smallest absolute Gasteiger partial charge is 0.327 e. The van der Waals surface area contributed by atoms with Crippen LogP contribution < -0.4 is 5.32 Å². The Morgan fingerprint density at radius 3 is 2.22 bits per heavy atom. The number of carbonyl (C=O) groups is 1. The van der Waals surface area contributed by atoms with Crippen LogP contribution in [-0.4, -0.2) is 49.2 Å². The quantitative estimate of drug-likeness (QED) is 0.675. The molecule has 0 aliphatic heterocycles. The Morgan fingerprint density at radius 2 is 1.89 bits per heavy atom. The molecule has 0 spiro atoms. The van der Waals surface area contributed by atoms with Crippen LogP contribution in [0.3, 0.4) is 0 Å². The lowest BCUT2D eigenvalue weighted by molar-refractivity contribution is -0.151. The molecule has 0 radical (unpaired) electrons. The fraction of sp³-hybridized carbons (Fsp3) is 0.929. The Bertz CT molecular complexity index is 254. The SMILES string of the molecule is CCOC(=O)C(C)(CN(CC(C)C)C(C)C)NC. The number of hydrogen-bond acceptors (Lipinski definition) is 4. The summed E-state index contributed by atoms with van der Waals surface area (Å²) in [7, 11) is 1.81. The molecule has 0 aromatic heterocycles. The first-order valence-corrected chi connectivity index (χ1v) is 6.87. The summed E-state index contributed by atoms with van der Waals surface area (Å²) < 4.78 is 5.16. The van der Waals surface area contributed by atoms with Gasteiger partial charge in [-0.25, -0.2) is 0 Å². The van der Waals surface area contributed by atoms with E-state index >= 15 is 0 Å². The molecule has 0 heterocycles. The van der Waals surface area contributed by atoms with Gasteiger partial charge in [0.05, 0.1) is 6.61 Å². The molecule has 0 bridgehead atoms. The number of likely N-dealkylation sites (N-methyl/N-ethyl adjacent to an activating group) is 1. The first-order chi connectivity index (χ1) is 8.26. The zero-order chi connectivity index (χ0) is 14.3. The second-order valence-corrected chi connectivity index (χ2v) is 5.72. The fourth-order valence-electron chi connectivity index (χ4n) is 1.87. The lowest BCUT2D eigenvalue weighted by Crippen LogP contribution is -2.57. The van der Waals surface area contributed by atoms with Crippen LogP contribution >= 0.6 is 0 Å². The van der Waals surface area contributed by atoms with Crippen molar-refractivity contribution in [3.63, 3.8) is 0 Å². The largest absolute Gasteiger partial charge is 0.465 e. The minimum Gasteiger partial charge on any atom is -0.465 e. The van der Waals surface area contributed by atoms with E-state index in [0.717, 1.165) is 6.54 Å². The van der Waals surface area contributed by atoms with Gasteiger partial charge in [0.2, 0.25) is 0 Å². The molecule has 4 nitrogen and oxygen atoms in total. The third-order valence-electron chi connectivity index (χ3n) is 3.13. The van der Waals surface area contributed by atoms with Crippen molar-refractivity contribution >= 4 is 5.97 Å². The standard InChI is InChI=1S/C14H30N2O2/c1-8-18-13(17)14(6,15-7)10-16(12(4)5)9-11(2)3/h11-12,15H,8-10H2,1-7H3. The number of hydrogen-bond donors (Lipinski definition) is 1. The number of carbonyl (C=O) groups excluding carboxylic acids is 1. The first-order valence-electron chi connectivity index (χ1n) is 6.87. The molecule has 0 rings (SSSR count). The summed E-state index contributed by atoms with van der Waals surface area (Å²) in [6, 6.07) is 0.412. The van der Waals surface area contributed by atoms with Gasteiger partial charge < -0.3 is 10.1 Å². The van der Waals surface area contributed by atoms with Gasteiger partial charge in [-0.3, -0.25) is 9.69 Å². The van der Waals surface area contributed by atoms with Gasteiger partial charge in [0.15, 0.2) is 0 Å². The summed E-state index contributed by atoms with van der Waals surface area (Å²) >= 11 is 0. The normalized spacial score (nSPS) is 15.2. The maximum absolute atomic E-state index is 12.0. The Morgan fingerprint density at radius 1 is 1.33 bits per heavy atom. The van der Waals surface area contributed by atoms with Gasteiger partial charge in [-0.15, -0.1) is 0 Å². The van der Waals surface area contributed by atoms with Crippen molar-refractivity contribution in [3.8, 4) is 0 Å². The van der Waals surface area contributed by atoms with Crippen molar-refractivity contribution in [2.75, 3.05) is 26.7 Å². The molecule has 0 aromatic carbocycles. The molecule has 18 heavy (non-hydrogen) atoms. The van der Waals surface area contributed by atoms with Crippen LogP contribution in [0.15, 0.2) is 0 Å². The van der Waals surface area contributed by atoms with Gasteiger partial charge in [0.1, 0.15) is 5.54 Å². The molecule has 1 unspecified atom stereocenters. The van der Waals surface area contributed by atoms with Crippen LogP contribution in [0.4, 0.5) is 0 Å². The van der Waals surface area contributed by atoms with Crippen molar-refractivity contribution in [1.29, 1.82) is 0 Å². The van der Waals surface area contributed by atoms with E-state index in [9.17, 15) is 4.79 Å². The second kappa shape index (κ2) is 7.74. The highest BCUT2D eigenvalue weighted by Crippen LogP contribution is 2.13. The monoisotopic (exact) mass is 258 g/mol. The molecular weight excluding hydrogens is 228 g/mol. The van der Waals surface area contributed by atoms with Crippen LogP contribution in [0.5, 0.6) is 0 Å². The van der Waals surface area contributed by atoms with E-state index < -0.39 is 5.54 Å². The molecule has 1 atom stereocenters. The molecule has 4 heteroatoms. The molecule has 0 amide bonds. The summed E-state index contributed by atoms with van der Waals surface area (Å²) in [5.74, 6) is 0.401. The van der Waals surface area contributed by atoms with Gasteiger partial charge in [-0.1, -0.05) is 13.8 Å². The Hall–Kier alpha value is -0.610. The summed E-state index contributed by atoms with van der Waals surface area (Å²) in [5, 5.41) is 3.11. The van der Waals surface area contributed by atoms with E-state index in [-0.39, 0.29) is 5.97 Å². The van der Waals surface area contributed by atoms with Gasteiger partial charge in [-0.05, 0) is 40.7 Å². The number of nitrogens with zero attached hydrogens (tertiary/aromatic N) is 1. The molecule has 0 aromatic rings. The predicted molar refractivity (Wildman–Crippen MR) is 75.6 cm³/mol. The van der Waals surface area contributed by atoms with Gasteiger partial charge in [-0.2, -0.15) is 0 Å². The summed E-state index contributed by atoms with van der Waals surface area (Å²) in [5.41, 5.74) is -0.644. The highest BCUT2D eigenvalue weighted by Gasteiger charge is 2.35. The molecule has 0 saturated carbocycles. The minimum absolute atomic E-state index is 0.179. The average molecular weight is 258 g/mol. The summed E-state index contributed by atoms with van der Waals surface area (Å²) in [4.78, 5) is 14.3. The van der Waals surface area contributed by atoms with Crippen LogP contribution in [-0.2, 0) is 9.53 Å². The van der Waals surface area contributed by atoms with E-state index in [2.05, 4.69) is 37.9 Å². The van der Waals surface area contributed by atoms with Crippen molar-refractivity contribution in [1.82, 2.24) is 10.2 Å². The highest BCUT2D eigenvalue weighted by molar-refractivity contribution is 5.80. The summed E-state index contributed by atoms with van der Waals surface area (Å²) in [6.07, 6.45) is 0. The molecular formula is C14H30N2O2. The highest BCUT2D eigenvalue weighted by atomic mass is 16.5. The third-order valence-corrected chi connectivity index (χ3v) is 3.13. The molecule has 0 fully saturated rings. The van der Waals surface area contributed by atoms with Gasteiger partial charge in [0.25, 0.3) is 0 Å². The molecule has 1 N–H and O–H groups in total. The number of nitrogens with one attached hydrogen (secondary N) is 1. The number of rotatable bonds is 8.